The zero-order valence-electron chi connectivity index (χ0n) is 11.7. The Morgan fingerprint density at radius 1 is 1.43 bits per heavy atom. The number of aryl methyl sites for hydroxylation is 1. The summed E-state index contributed by atoms with van der Waals surface area (Å²) in [5.41, 5.74) is 2.73. The highest BCUT2D eigenvalue weighted by atomic mass is 32.1. The van der Waals surface area contributed by atoms with Gasteiger partial charge in [0, 0.05) is 28.9 Å². The molecule has 4 nitrogen and oxygen atoms in total. The van der Waals surface area contributed by atoms with Gasteiger partial charge in [0.1, 0.15) is 11.2 Å². The summed E-state index contributed by atoms with van der Waals surface area (Å²) in [6.45, 7) is 2.62. The maximum absolute atomic E-state index is 13.1. The quantitative estimate of drug-likeness (QED) is 0.919. The van der Waals surface area contributed by atoms with Crippen LogP contribution in [0.25, 0.3) is 10.6 Å². The number of halogens is 1. The third-order valence-corrected chi connectivity index (χ3v) is 4.43. The van der Waals surface area contributed by atoms with E-state index in [1.807, 2.05) is 36.6 Å². The molecule has 6 heteroatoms. The monoisotopic (exact) mass is 305 g/mol. The molecular weight excluding hydrogens is 289 g/mol. The van der Waals surface area contributed by atoms with Crippen LogP contribution in [0.4, 0.5) is 14.9 Å². The van der Waals surface area contributed by atoms with Gasteiger partial charge < -0.3 is 10.2 Å². The maximum atomic E-state index is 13.1. The number of anilines is 1. The second-order valence-electron chi connectivity index (χ2n) is 5.13. The lowest BCUT2D eigenvalue weighted by Gasteiger charge is -2.16. The van der Waals surface area contributed by atoms with Gasteiger partial charge in [0.05, 0.1) is 6.54 Å². The summed E-state index contributed by atoms with van der Waals surface area (Å²) >= 11 is 1.59. The van der Waals surface area contributed by atoms with Crippen molar-refractivity contribution in [2.45, 2.75) is 19.5 Å². The molecule has 1 saturated heterocycles. The number of thiazole rings is 1. The van der Waals surface area contributed by atoms with Crippen molar-refractivity contribution in [3.63, 3.8) is 0 Å². The van der Waals surface area contributed by atoms with Crippen LogP contribution in [0.5, 0.6) is 0 Å². The number of benzene rings is 1. The van der Waals surface area contributed by atoms with Crippen LogP contribution in [-0.2, 0) is 0 Å². The molecule has 2 aromatic rings. The number of aromatic nitrogens is 1. The van der Waals surface area contributed by atoms with Gasteiger partial charge in [-0.25, -0.2) is 14.2 Å². The van der Waals surface area contributed by atoms with E-state index in [0.29, 0.717) is 18.7 Å². The van der Waals surface area contributed by atoms with Crippen LogP contribution in [0.1, 0.15) is 12.1 Å². The number of nitrogens with one attached hydrogen (secondary N) is 1. The number of amides is 2. The minimum Gasteiger partial charge on any atom is -0.322 e. The molecular formula is C15H16FN3OS. The van der Waals surface area contributed by atoms with Crippen molar-refractivity contribution in [1.29, 1.82) is 0 Å². The fraction of sp³-hybridized carbons (Fsp3) is 0.333. The van der Waals surface area contributed by atoms with E-state index in [2.05, 4.69) is 10.3 Å². The topological polar surface area (TPSA) is 45.2 Å². The van der Waals surface area contributed by atoms with Crippen molar-refractivity contribution in [2.75, 3.05) is 18.4 Å². The van der Waals surface area contributed by atoms with Crippen LogP contribution in [0, 0.1) is 6.92 Å². The molecule has 0 saturated carbocycles. The van der Waals surface area contributed by atoms with Gasteiger partial charge in [-0.15, -0.1) is 11.3 Å². The Bertz CT molecular complexity index is 641. The predicted molar refractivity (Wildman–Crippen MR) is 82.4 cm³/mol. The lowest BCUT2D eigenvalue weighted by atomic mass is 10.2. The molecule has 1 aromatic carbocycles. The van der Waals surface area contributed by atoms with E-state index in [0.717, 1.165) is 16.3 Å². The molecule has 2 heterocycles. The molecule has 110 valence electrons. The van der Waals surface area contributed by atoms with Crippen LogP contribution < -0.4 is 5.32 Å². The number of likely N-dealkylation sites (tertiary alicyclic amines) is 1. The molecule has 0 bridgehead atoms. The predicted octanol–water partition coefficient (Wildman–Crippen LogP) is 3.69. The molecule has 1 fully saturated rings. The summed E-state index contributed by atoms with van der Waals surface area (Å²) in [6.07, 6.45) is -0.471. The summed E-state index contributed by atoms with van der Waals surface area (Å²) in [4.78, 5) is 17.9. The van der Waals surface area contributed by atoms with Crippen molar-refractivity contribution in [3.05, 3.63) is 35.3 Å². The Balaban J connectivity index is 1.66. The third-order valence-electron chi connectivity index (χ3n) is 3.42. The summed E-state index contributed by atoms with van der Waals surface area (Å²) in [5, 5.41) is 5.76. The van der Waals surface area contributed by atoms with E-state index in [4.69, 9.17) is 0 Å². The summed E-state index contributed by atoms with van der Waals surface area (Å²) < 4.78 is 13.1. The van der Waals surface area contributed by atoms with Crippen LogP contribution >= 0.6 is 11.3 Å². The molecule has 1 aliphatic rings. The van der Waals surface area contributed by atoms with E-state index >= 15 is 0 Å². The van der Waals surface area contributed by atoms with Crippen molar-refractivity contribution < 1.29 is 9.18 Å². The van der Waals surface area contributed by atoms with E-state index in [1.54, 1.807) is 11.3 Å². The molecule has 21 heavy (non-hydrogen) atoms. The lowest BCUT2D eigenvalue weighted by molar-refractivity contribution is 0.218. The van der Waals surface area contributed by atoms with Crippen molar-refractivity contribution in [3.8, 4) is 10.6 Å². The average Bonchev–Trinajstić information content (AvgIpc) is 3.08. The first kappa shape index (κ1) is 14.0. The third kappa shape index (κ3) is 3.21. The molecule has 0 aliphatic carbocycles. The molecule has 0 spiro atoms. The number of nitrogens with zero attached hydrogens (tertiary/aromatic N) is 2. The van der Waals surface area contributed by atoms with Gasteiger partial charge >= 0.3 is 6.03 Å². The van der Waals surface area contributed by atoms with Gasteiger partial charge in [-0.3, -0.25) is 0 Å². The average molecular weight is 305 g/mol. The van der Waals surface area contributed by atoms with Gasteiger partial charge in [-0.2, -0.15) is 0 Å². The first-order valence-corrected chi connectivity index (χ1v) is 7.72. The minimum absolute atomic E-state index is 0.183. The molecule has 1 aliphatic heterocycles. The zero-order valence-corrected chi connectivity index (χ0v) is 12.5. The van der Waals surface area contributed by atoms with Crippen molar-refractivity contribution >= 4 is 23.1 Å². The smallest absolute Gasteiger partial charge is 0.321 e. The number of rotatable bonds is 2. The van der Waals surface area contributed by atoms with Gasteiger partial charge in [0.25, 0.3) is 0 Å². The first-order valence-electron chi connectivity index (χ1n) is 6.84. The molecule has 1 atom stereocenters. The Morgan fingerprint density at radius 3 is 2.76 bits per heavy atom. The standard InChI is InChI=1S/C15H16FN3OS/c1-10-9-21-14(17-10)11-2-4-13(5-3-11)18-15(20)19-7-6-12(16)8-19/h2-5,9,12H,6-8H2,1H3,(H,18,20)/t12-/m0/s1. The number of carbonyl (C=O) groups is 1. The number of hydrogen-bond donors (Lipinski definition) is 1. The van der Waals surface area contributed by atoms with Crippen LogP contribution in [0.3, 0.4) is 0 Å². The summed E-state index contributed by atoms with van der Waals surface area (Å²) in [7, 11) is 0. The number of alkyl halides is 1. The van der Waals surface area contributed by atoms with Gasteiger partial charge in [-0.1, -0.05) is 0 Å². The van der Waals surface area contributed by atoms with Crippen molar-refractivity contribution in [1.82, 2.24) is 9.88 Å². The van der Waals surface area contributed by atoms with E-state index in [9.17, 15) is 9.18 Å². The van der Waals surface area contributed by atoms with E-state index in [1.165, 1.54) is 4.90 Å². The van der Waals surface area contributed by atoms with Crippen LogP contribution in [0.2, 0.25) is 0 Å². The minimum atomic E-state index is -0.897. The normalized spacial score (nSPS) is 18.0. The highest BCUT2D eigenvalue weighted by Crippen LogP contribution is 2.25. The Hall–Kier alpha value is -1.95. The highest BCUT2D eigenvalue weighted by Gasteiger charge is 2.25. The van der Waals surface area contributed by atoms with E-state index in [-0.39, 0.29) is 12.6 Å². The molecule has 3 rings (SSSR count). The molecule has 0 unspecified atom stereocenters. The number of carbonyl (C=O) groups excluding carboxylic acids is 1. The molecule has 1 N–H and O–H groups in total. The molecule has 0 radical (unpaired) electrons. The Labute approximate surface area is 126 Å². The summed E-state index contributed by atoms with van der Waals surface area (Å²) in [6, 6.07) is 7.29. The molecule has 1 aromatic heterocycles. The van der Waals surface area contributed by atoms with Crippen molar-refractivity contribution in [2.24, 2.45) is 0 Å². The SMILES string of the molecule is Cc1csc(-c2ccc(NC(=O)N3CC[C@H](F)C3)cc2)n1. The molecule has 2 amide bonds. The Morgan fingerprint density at radius 2 is 2.19 bits per heavy atom. The highest BCUT2D eigenvalue weighted by molar-refractivity contribution is 7.13. The summed E-state index contributed by atoms with van der Waals surface area (Å²) in [5.74, 6) is 0. The second kappa shape index (κ2) is 5.81. The Kier molecular flexibility index (Phi) is 3.88. The fourth-order valence-electron chi connectivity index (χ4n) is 2.29. The van der Waals surface area contributed by atoms with Crippen LogP contribution in [-0.4, -0.2) is 35.2 Å². The maximum Gasteiger partial charge on any atom is 0.321 e. The van der Waals surface area contributed by atoms with Gasteiger partial charge in [-0.05, 0) is 37.6 Å². The number of urea groups is 1. The van der Waals surface area contributed by atoms with Gasteiger partial charge in [0.15, 0.2) is 0 Å². The first-order chi connectivity index (χ1) is 10.1. The fourth-order valence-corrected chi connectivity index (χ4v) is 3.09. The second-order valence-corrected chi connectivity index (χ2v) is 5.99. The lowest BCUT2D eigenvalue weighted by Crippen LogP contribution is -2.33. The van der Waals surface area contributed by atoms with Gasteiger partial charge in [0.2, 0.25) is 0 Å². The largest absolute Gasteiger partial charge is 0.322 e. The number of hydrogen-bond acceptors (Lipinski definition) is 3. The van der Waals surface area contributed by atoms with E-state index < -0.39 is 6.17 Å². The van der Waals surface area contributed by atoms with Crippen LogP contribution in [0.15, 0.2) is 29.6 Å². The zero-order chi connectivity index (χ0) is 14.8.